The topological polar surface area (TPSA) is 54.7 Å². The largest absolute Gasteiger partial charge is 0.437 e. The summed E-state index contributed by atoms with van der Waals surface area (Å²) in [7, 11) is 0. The highest BCUT2D eigenvalue weighted by molar-refractivity contribution is 5.79. The molecule has 3 aromatic rings. The van der Waals surface area contributed by atoms with Gasteiger partial charge in [-0.05, 0) is 13.0 Å². The van der Waals surface area contributed by atoms with Crippen molar-refractivity contribution < 1.29 is 13.2 Å². The minimum absolute atomic E-state index is 0.0832. The number of rotatable bonds is 1. The van der Waals surface area contributed by atoms with Crippen LogP contribution in [0.5, 0.6) is 0 Å². The highest BCUT2D eigenvalue weighted by Crippen LogP contribution is 2.26. The second kappa shape index (κ2) is 3.63. The molecule has 0 atom stereocenters. The Balaban J connectivity index is 2.25. The zero-order valence-electron chi connectivity index (χ0n) is 9.71. The highest BCUT2D eigenvalue weighted by atomic mass is 19.1. The highest BCUT2D eigenvalue weighted by Gasteiger charge is 2.16. The van der Waals surface area contributed by atoms with Crippen molar-refractivity contribution in [3.05, 3.63) is 35.4 Å². The Hall–Kier alpha value is -2.24. The molecule has 0 bridgehead atoms. The number of aryl methyl sites for hydroxylation is 2. The molecule has 0 radical (unpaired) electrons. The lowest BCUT2D eigenvalue weighted by Crippen LogP contribution is -1.81. The van der Waals surface area contributed by atoms with Gasteiger partial charge >= 0.3 is 0 Å². The third kappa shape index (κ3) is 1.57. The smallest absolute Gasteiger partial charge is 0.192 e. The number of aromatic nitrogens is 3. The summed E-state index contributed by atoms with van der Waals surface area (Å²) in [6, 6.07) is 1.99. The van der Waals surface area contributed by atoms with Crippen LogP contribution in [-0.4, -0.2) is 15.0 Å². The van der Waals surface area contributed by atoms with Crippen molar-refractivity contribution in [2.45, 2.75) is 13.8 Å². The molecule has 0 aliphatic heterocycles. The fraction of sp³-hybridized carbons (Fsp3) is 0.167. The summed E-state index contributed by atoms with van der Waals surface area (Å²) in [6.07, 6.45) is 0. The predicted molar refractivity (Wildman–Crippen MR) is 61.0 cm³/mol. The van der Waals surface area contributed by atoms with Gasteiger partial charge in [-0.2, -0.15) is 0 Å². The molecule has 1 aromatic carbocycles. The van der Waals surface area contributed by atoms with Crippen LogP contribution in [-0.2, 0) is 0 Å². The Kier molecular flexibility index (Phi) is 2.19. The van der Waals surface area contributed by atoms with Gasteiger partial charge in [0.2, 0.25) is 0 Å². The van der Waals surface area contributed by atoms with Crippen LogP contribution >= 0.6 is 0 Å². The molecular weight excluding hydrogens is 240 g/mol. The molecule has 0 saturated heterocycles. The summed E-state index contributed by atoms with van der Waals surface area (Å²) in [5.74, 6) is -0.0900. The van der Waals surface area contributed by atoms with Gasteiger partial charge in [0.1, 0.15) is 11.3 Å². The van der Waals surface area contributed by atoms with Crippen LogP contribution in [0.15, 0.2) is 16.5 Å². The number of benzene rings is 1. The number of nitrogens with zero attached hydrogens (tertiary/aromatic N) is 2. The summed E-state index contributed by atoms with van der Waals surface area (Å²) in [5, 5.41) is 0. The van der Waals surface area contributed by atoms with Crippen molar-refractivity contribution in [3.8, 4) is 11.6 Å². The van der Waals surface area contributed by atoms with Gasteiger partial charge in [-0.1, -0.05) is 0 Å². The number of nitrogens with one attached hydrogen (secondary N) is 1. The van der Waals surface area contributed by atoms with E-state index in [1.54, 1.807) is 13.8 Å². The lowest BCUT2D eigenvalue weighted by molar-refractivity contribution is 0.531. The fourth-order valence-electron chi connectivity index (χ4n) is 1.90. The average molecular weight is 249 g/mol. The molecule has 0 unspecified atom stereocenters. The first-order valence-electron chi connectivity index (χ1n) is 5.34. The lowest BCUT2D eigenvalue weighted by atomic mass is 10.3. The maximum absolute atomic E-state index is 13.5. The molecule has 0 spiro atoms. The maximum atomic E-state index is 13.5. The van der Waals surface area contributed by atoms with Gasteiger partial charge in [-0.3, -0.25) is 0 Å². The molecular formula is C12H9F2N3O. The van der Waals surface area contributed by atoms with Gasteiger partial charge < -0.3 is 9.40 Å². The Bertz CT molecular complexity index is 745. The van der Waals surface area contributed by atoms with Crippen molar-refractivity contribution in [1.29, 1.82) is 0 Å². The van der Waals surface area contributed by atoms with Crippen molar-refractivity contribution in [3.63, 3.8) is 0 Å². The van der Waals surface area contributed by atoms with Crippen LogP contribution < -0.4 is 0 Å². The van der Waals surface area contributed by atoms with Crippen molar-refractivity contribution in [2.75, 3.05) is 0 Å². The van der Waals surface area contributed by atoms with Crippen LogP contribution in [0.1, 0.15) is 11.6 Å². The minimum Gasteiger partial charge on any atom is -0.437 e. The number of halogens is 2. The van der Waals surface area contributed by atoms with E-state index in [2.05, 4.69) is 15.0 Å². The second-order valence-electron chi connectivity index (χ2n) is 4.02. The Morgan fingerprint density at radius 3 is 2.61 bits per heavy atom. The van der Waals surface area contributed by atoms with Crippen LogP contribution in [0.2, 0.25) is 0 Å². The monoisotopic (exact) mass is 249 g/mol. The molecule has 0 saturated carbocycles. The van der Waals surface area contributed by atoms with Gasteiger partial charge in [0.15, 0.2) is 23.3 Å². The molecule has 2 heterocycles. The van der Waals surface area contributed by atoms with E-state index >= 15 is 0 Å². The van der Waals surface area contributed by atoms with Crippen LogP contribution in [0.4, 0.5) is 8.78 Å². The van der Waals surface area contributed by atoms with E-state index in [0.717, 1.165) is 6.07 Å². The Morgan fingerprint density at radius 2 is 1.94 bits per heavy atom. The van der Waals surface area contributed by atoms with Crippen molar-refractivity contribution in [1.82, 2.24) is 15.0 Å². The normalized spacial score (nSPS) is 11.3. The molecule has 92 valence electrons. The number of H-pyrrole nitrogens is 1. The van der Waals surface area contributed by atoms with E-state index in [4.69, 9.17) is 4.42 Å². The third-order valence-corrected chi connectivity index (χ3v) is 2.62. The standard InChI is InChI=1S/C12H9F2N3O/c1-5-11(18-6(2)15-5)12-16-9-4-7(13)3-8(14)10(9)17-12/h3-4H,1-2H3,(H,16,17). The first-order valence-corrected chi connectivity index (χ1v) is 5.34. The number of aromatic amines is 1. The molecule has 0 aliphatic carbocycles. The second-order valence-corrected chi connectivity index (χ2v) is 4.02. The Labute approximate surface area is 101 Å². The van der Waals surface area contributed by atoms with Gasteiger partial charge in [0.05, 0.1) is 11.2 Å². The SMILES string of the molecule is Cc1nc(C)c(-c2nc3c(F)cc(F)cc3[nH]2)o1. The van der Waals surface area contributed by atoms with Crippen LogP contribution in [0.3, 0.4) is 0 Å². The summed E-state index contributed by atoms with van der Waals surface area (Å²) in [6.45, 7) is 3.47. The quantitative estimate of drug-likeness (QED) is 0.720. The van der Waals surface area contributed by atoms with Crippen LogP contribution in [0, 0.1) is 25.5 Å². The van der Waals surface area contributed by atoms with Gasteiger partial charge in [0, 0.05) is 13.0 Å². The molecule has 0 amide bonds. The molecule has 0 fully saturated rings. The zero-order chi connectivity index (χ0) is 12.9. The van der Waals surface area contributed by atoms with E-state index < -0.39 is 11.6 Å². The molecule has 4 nitrogen and oxygen atoms in total. The van der Waals surface area contributed by atoms with E-state index in [9.17, 15) is 8.78 Å². The Morgan fingerprint density at radius 1 is 1.17 bits per heavy atom. The number of oxazole rings is 1. The van der Waals surface area contributed by atoms with Crippen molar-refractivity contribution in [2.24, 2.45) is 0 Å². The van der Waals surface area contributed by atoms with E-state index in [1.165, 1.54) is 6.07 Å². The van der Waals surface area contributed by atoms with Crippen LogP contribution in [0.25, 0.3) is 22.6 Å². The van der Waals surface area contributed by atoms with Gasteiger partial charge in [0.25, 0.3) is 0 Å². The maximum Gasteiger partial charge on any atom is 0.192 e. The number of fused-ring (bicyclic) bond motifs is 1. The van der Waals surface area contributed by atoms with E-state index in [1.807, 2.05) is 0 Å². The number of imidazole rings is 1. The predicted octanol–water partition coefficient (Wildman–Crippen LogP) is 3.11. The zero-order valence-corrected chi connectivity index (χ0v) is 9.71. The molecule has 0 aliphatic rings. The van der Waals surface area contributed by atoms with E-state index in [-0.39, 0.29) is 11.0 Å². The fourth-order valence-corrected chi connectivity index (χ4v) is 1.90. The summed E-state index contributed by atoms with van der Waals surface area (Å²) < 4.78 is 32.0. The lowest BCUT2D eigenvalue weighted by Gasteiger charge is -1.90. The molecule has 6 heteroatoms. The number of hydrogen-bond acceptors (Lipinski definition) is 3. The molecule has 2 aromatic heterocycles. The van der Waals surface area contributed by atoms with Gasteiger partial charge in [-0.25, -0.2) is 18.7 Å². The minimum atomic E-state index is -0.707. The molecule has 3 rings (SSSR count). The summed E-state index contributed by atoms with van der Waals surface area (Å²) in [4.78, 5) is 11.0. The number of hydrogen-bond donors (Lipinski definition) is 1. The molecule has 18 heavy (non-hydrogen) atoms. The van der Waals surface area contributed by atoms with Gasteiger partial charge in [-0.15, -0.1) is 0 Å². The first-order chi connectivity index (χ1) is 8.54. The van der Waals surface area contributed by atoms with E-state index in [0.29, 0.717) is 23.2 Å². The molecule has 1 N–H and O–H groups in total. The summed E-state index contributed by atoms with van der Waals surface area (Å²) in [5.41, 5.74) is 1.02. The first kappa shape index (κ1) is 10.9. The average Bonchev–Trinajstić information content (AvgIpc) is 2.81. The van der Waals surface area contributed by atoms with Crippen molar-refractivity contribution >= 4 is 11.0 Å². The third-order valence-electron chi connectivity index (χ3n) is 2.62. The summed E-state index contributed by atoms with van der Waals surface area (Å²) >= 11 is 0.